The number of nitrogens with two attached hydrogens (primary N) is 2. The van der Waals surface area contributed by atoms with Crippen molar-refractivity contribution in [3.05, 3.63) is 22.8 Å². The molecular formula is C15H24ClN3. The number of anilines is 1. The van der Waals surface area contributed by atoms with Crippen LogP contribution in [-0.2, 0) is 5.41 Å². The number of halogens is 1. The van der Waals surface area contributed by atoms with E-state index in [1.54, 1.807) is 6.20 Å². The minimum atomic E-state index is -0.0957. The van der Waals surface area contributed by atoms with E-state index in [0.717, 1.165) is 24.3 Å². The molecule has 3 unspecified atom stereocenters. The van der Waals surface area contributed by atoms with Crippen LogP contribution in [0.2, 0.25) is 5.02 Å². The third-order valence-electron chi connectivity index (χ3n) is 4.67. The minimum absolute atomic E-state index is 0.0957. The molecule has 0 amide bonds. The van der Waals surface area contributed by atoms with Gasteiger partial charge in [0.05, 0.1) is 5.02 Å². The van der Waals surface area contributed by atoms with Gasteiger partial charge in [-0.1, -0.05) is 38.8 Å². The van der Waals surface area contributed by atoms with Crippen molar-refractivity contribution in [1.82, 2.24) is 4.98 Å². The van der Waals surface area contributed by atoms with Crippen LogP contribution in [0.4, 0.5) is 5.82 Å². The van der Waals surface area contributed by atoms with Crippen molar-refractivity contribution in [2.75, 3.05) is 5.73 Å². The molecule has 1 aromatic heterocycles. The predicted molar refractivity (Wildman–Crippen MR) is 81.2 cm³/mol. The molecule has 2 rings (SSSR count). The number of rotatable bonds is 2. The normalized spacial score (nSPS) is 28.4. The fraction of sp³-hybridized carbons (Fsp3) is 0.667. The van der Waals surface area contributed by atoms with Crippen LogP contribution >= 0.6 is 11.6 Å². The first-order valence-electron chi connectivity index (χ1n) is 6.99. The van der Waals surface area contributed by atoms with Gasteiger partial charge >= 0.3 is 0 Å². The maximum atomic E-state index is 6.39. The third-order valence-corrected chi connectivity index (χ3v) is 4.87. The molecule has 106 valence electrons. The maximum Gasteiger partial charge on any atom is 0.127 e. The van der Waals surface area contributed by atoms with Gasteiger partial charge in [-0.05, 0) is 36.2 Å². The smallest absolute Gasteiger partial charge is 0.127 e. The number of hydrogen-bond acceptors (Lipinski definition) is 3. The van der Waals surface area contributed by atoms with E-state index in [0.29, 0.717) is 16.8 Å². The number of nitrogens with zero attached hydrogens (tertiary/aromatic N) is 1. The van der Waals surface area contributed by atoms with Crippen molar-refractivity contribution in [2.45, 2.75) is 51.5 Å². The molecular weight excluding hydrogens is 258 g/mol. The molecule has 1 fully saturated rings. The van der Waals surface area contributed by atoms with E-state index in [9.17, 15) is 0 Å². The molecule has 1 aromatic rings. The fourth-order valence-corrected chi connectivity index (χ4v) is 3.64. The summed E-state index contributed by atoms with van der Waals surface area (Å²) in [5.41, 5.74) is 13.4. The fourth-order valence-electron chi connectivity index (χ4n) is 3.49. The van der Waals surface area contributed by atoms with Gasteiger partial charge in [-0.15, -0.1) is 0 Å². The van der Waals surface area contributed by atoms with Crippen LogP contribution < -0.4 is 11.5 Å². The Labute approximate surface area is 120 Å². The topological polar surface area (TPSA) is 64.9 Å². The lowest BCUT2D eigenvalue weighted by atomic mass is 9.64. The zero-order valence-corrected chi connectivity index (χ0v) is 12.7. The number of nitrogen functional groups attached to an aromatic ring is 1. The summed E-state index contributed by atoms with van der Waals surface area (Å²) in [7, 11) is 0. The molecule has 0 bridgehead atoms. The molecule has 0 aliphatic heterocycles. The van der Waals surface area contributed by atoms with Crippen LogP contribution in [-0.4, -0.2) is 11.0 Å². The van der Waals surface area contributed by atoms with Gasteiger partial charge in [-0.25, -0.2) is 4.98 Å². The number of aromatic nitrogens is 1. The summed E-state index contributed by atoms with van der Waals surface area (Å²) in [6, 6.07) is 2.16. The predicted octanol–water partition coefficient (Wildman–Crippen LogP) is 3.36. The van der Waals surface area contributed by atoms with Gasteiger partial charge < -0.3 is 11.5 Å². The van der Waals surface area contributed by atoms with Gasteiger partial charge in [0.25, 0.3) is 0 Å². The third kappa shape index (κ3) is 2.87. The van der Waals surface area contributed by atoms with Crippen LogP contribution in [0.25, 0.3) is 0 Å². The number of hydrogen-bond donors (Lipinski definition) is 2. The molecule has 19 heavy (non-hydrogen) atoms. The zero-order valence-electron chi connectivity index (χ0n) is 12.0. The van der Waals surface area contributed by atoms with Crippen LogP contribution in [0.1, 0.15) is 45.6 Å². The molecule has 3 atom stereocenters. The lowest BCUT2D eigenvalue weighted by Crippen LogP contribution is -2.46. The molecule has 1 saturated carbocycles. The molecule has 0 spiro atoms. The average molecular weight is 282 g/mol. The van der Waals surface area contributed by atoms with E-state index >= 15 is 0 Å². The molecule has 0 saturated heterocycles. The Morgan fingerprint density at radius 1 is 1.37 bits per heavy atom. The van der Waals surface area contributed by atoms with Crippen LogP contribution in [0.15, 0.2) is 12.3 Å². The van der Waals surface area contributed by atoms with Gasteiger partial charge in [-0.2, -0.15) is 0 Å². The van der Waals surface area contributed by atoms with Crippen molar-refractivity contribution in [1.29, 1.82) is 0 Å². The first-order chi connectivity index (χ1) is 8.82. The minimum Gasteiger partial charge on any atom is -0.383 e. The maximum absolute atomic E-state index is 6.39. The van der Waals surface area contributed by atoms with E-state index in [2.05, 4.69) is 25.8 Å². The lowest BCUT2D eigenvalue weighted by Gasteiger charge is -2.43. The standard InChI is InChI=1S/C15H24ClN3/c1-9-4-5-11(13(17)6-9)15(2,3)12-7-10(16)8-19-14(12)18/h7-9,11,13H,4-6,17H2,1-3H3,(H2,18,19). The molecule has 1 heterocycles. The SMILES string of the molecule is CC1CCC(C(C)(C)c2cc(Cl)cnc2N)C(N)C1. The molecule has 4 heteroatoms. The van der Waals surface area contributed by atoms with Gasteiger partial charge in [0.1, 0.15) is 5.82 Å². The molecule has 0 aromatic carbocycles. The van der Waals surface area contributed by atoms with Crippen LogP contribution in [0.3, 0.4) is 0 Å². The van der Waals surface area contributed by atoms with E-state index in [-0.39, 0.29) is 11.5 Å². The molecule has 0 radical (unpaired) electrons. The molecule has 4 N–H and O–H groups in total. The summed E-state index contributed by atoms with van der Waals surface area (Å²) >= 11 is 6.07. The van der Waals surface area contributed by atoms with Crippen molar-refractivity contribution in [3.8, 4) is 0 Å². The second kappa shape index (κ2) is 5.29. The lowest BCUT2D eigenvalue weighted by molar-refractivity contribution is 0.171. The van der Waals surface area contributed by atoms with Gasteiger partial charge in [0.2, 0.25) is 0 Å². The summed E-state index contributed by atoms with van der Waals surface area (Å²) in [6.07, 6.45) is 5.05. The van der Waals surface area contributed by atoms with Crippen LogP contribution in [0.5, 0.6) is 0 Å². The highest BCUT2D eigenvalue weighted by Gasteiger charge is 2.39. The van der Waals surface area contributed by atoms with Gasteiger partial charge in [0, 0.05) is 17.8 Å². The summed E-state index contributed by atoms with van der Waals surface area (Å²) in [4.78, 5) is 4.18. The summed E-state index contributed by atoms with van der Waals surface area (Å²) in [5.74, 6) is 1.71. The number of pyridine rings is 1. The van der Waals surface area contributed by atoms with Gasteiger partial charge in [0.15, 0.2) is 0 Å². The van der Waals surface area contributed by atoms with E-state index < -0.39 is 0 Å². The first kappa shape index (κ1) is 14.6. The van der Waals surface area contributed by atoms with Crippen LogP contribution in [0, 0.1) is 11.8 Å². The second-order valence-corrected chi connectivity index (χ2v) is 6.93. The Morgan fingerprint density at radius 2 is 2.05 bits per heavy atom. The van der Waals surface area contributed by atoms with E-state index in [4.69, 9.17) is 23.1 Å². The second-order valence-electron chi connectivity index (χ2n) is 6.50. The highest BCUT2D eigenvalue weighted by Crippen LogP contribution is 2.43. The quantitative estimate of drug-likeness (QED) is 0.874. The Balaban J connectivity index is 2.33. The summed E-state index contributed by atoms with van der Waals surface area (Å²) in [5, 5.41) is 0.634. The monoisotopic (exact) mass is 281 g/mol. The van der Waals surface area contributed by atoms with E-state index in [1.807, 2.05) is 6.07 Å². The van der Waals surface area contributed by atoms with Crippen molar-refractivity contribution in [2.24, 2.45) is 17.6 Å². The highest BCUT2D eigenvalue weighted by atomic mass is 35.5. The molecule has 3 nitrogen and oxygen atoms in total. The molecule has 1 aliphatic carbocycles. The Kier molecular flexibility index (Phi) is 4.07. The summed E-state index contributed by atoms with van der Waals surface area (Å²) in [6.45, 7) is 6.69. The highest BCUT2D eigenvalue weighted by molar-refractivity contribution is 6.30. The average Bonchev–Trinajstić information content (AvgIpc) is 2.31. The molecule has 1 aliphatic rings. The van der Waals surface area contributed by atoms with E-state index in [1.165, 1.54) is 6.42 Å². The van der Waals surface area contributed by atoms with Crippen molar-refractivity contribution >= 4 is 17.4 Å². The van der Waals surface area contributed by atoms with Gasteiger partial charge in [-0.3, -0.25) is 0 Å². The zero-order chi connectivity index (χ0) is 14.2. The van der Waals surface area contributed by atoms with Crippen molar-refractivity contribution < 1.29 is 0 Å². The first-order valence-corrected chi connectivity index (χ1v) is 7.37. The Morgan fingerprint density at radius 3 is 2.68 bits per heavy atom. The Bertz CT molecular complexity index is 459. The largest absolute Gasteiger partial charge is 0.383 e. The summed E-state index contributed by atoms with van der Waals surface area (Å²) < 4.78 is 0. The Hall–Kier alpha value is -0.800. The van der Waals surface area contributed by atoms with Crippen molar-refractivity contribution in [3.63, 3.8) is 0 Å².